The van der Waals surface area contributed by atoms with Crippen molar-refractivity contribution >= 4 is 11.8 Å². The van der Waals surface area contributed by atoms with Gasteiger partial charge in [0.1, 0.15) is 0 Å². The lowest BCUT2D eigenvalue weighted by atomic mass is 10.0. The number of nitrogens with zero attached hydrogens (tertiary/aromatic N) is 1. The first-order valence-corrected chi connectivity index (χ1v) is 8.04. The molecule has 24 heavy (non-hydrogen) atoms. The van der Waals surface area contributed by atoms with E-state index < -0.39 is 0 Å². The summed E-state index contributed by atoms with van der Waals surface area (Å²) in [5, 5.41) is 2.71. The normalized spacial score (nSPS) is 25.4. The number of amides is 2. The number of hydrogen-bond acceptors (Lipinski definition) is 4. The highest BCUT2D eigenvalue weighted by Gasteiger charge is 2.47. The molecule has 2 fully saturated rings. The highest BCUT2D eigenvalue weighted by atomic mass is 16.5. The number of hydrogen-bond donors (Lipinski definition) is 1. The molecule has 0 radical (unpaired) electrons. The van der Waals surface area contributed by atoms with Crippen LogP contribution >= 0.6 is 0 Å². The van der Waals surface area contributed by atoms with Crippen LogP contribution in [0.3, 0.4) is 0 Å². The molecule has 2 aliphatic heterocycles. The number of benzene rings is 1. The summed E-state index contributed by atoms with van der Waals surface area (Å²) in [5.41, 5.74) is 1.57. The van der Waals surface area contributed by atoms with E-state index in [0.29, 0.717) is 31.9 Å². The van der Waals surface area contributed by atoms with Crippen molar-refractivity contribution in [2.24, 2.45) is 5.92 Å². The smallest absolute Gasteiger partial charge is 0.254 e. The zero-order chi connectivity index (χ0) is 17.1. The van der Waals surface area contributed by atoms with Crippen molar-refractivity contribution in [2.75, 3.05) is 26.9 Å². The van der Waals surface area contributed by atoms with E-state index in [1.165, 1.54) is 6.08 Å². The van der Waals surface area contributed by atoms with E-state index in [0.717, 1.165) is 5.56 Å². The van der Waals surface area contributed by atoms with Crippen LogP contribution in [0, 0.1) is 5.92 Å². The first kappa shape index (κ1) is 16.7. The Morgan fingerprint density at radius 3 is 2.79 bits per heavy atom. The predicted molar refractivity (Wildman–Crippen MR) is 88.4 cm³/mol. The van der Waals surface area contributed by atoms with Gasteiger partial charge in [0.15, 0.2) is 0 Å². The first-order valence-electron chi connectivity index (χ1n) is 8.04. The second-order valence-corrected chi connectivity index (χ2v) is 6.12. The molecule has 0 aromatic heterocycles. The fourth-order valence-electron chi connectivity index (χ4n) is 3.38. The minimum absolute atomic E-state index is 0.00303. The second kappa shape index (κ2) is 7.15. The van der Waals surface area contributed by atoms with Crippen LogP contribution in [0.2, 0.25) is 0 Å². The minimum Gasteiger partial charge on any atom is -0.379 e. The van der Waals surface area contributed by atoms with Crippen LogP contribution in [-0.2, 0) is 20.8 Å². The van der Waals surface area contributed by atoms with Gasteiger partial charge in [0, 0.05) is 31.7 Å². The zero-order valence-corrected chi connectivity index (χ0v) is 13.7. The number of likely N-dealkylation sites (tertiary alicyclic amines) is 1. The van der Waals surface area contributed by atoms with Crippen molar-refractivity contribution in [3.05, 3.63) is 48.0 Å². The van der Waals surface area contributed by atoms with E-state index in [2.05, 4.69) is 11.9 Å². The van der Waals surface area contributed by atoms with Crippen LogP contribution in [0.15, 0.2) is 36.9 Å². The molecular weight excluding hydrogens is 308 g/mol. The molecule has 1 aromatic rings. The molecule has 2 heterocycles. The Labute approximate surface area is 141 Å². The molecule has 0 bridgehead atoms. The third kappa shape index (κ3) is 3.20. The lowest BCUT2D eigenvalue weighted by Crippen LogP contribution is -2.38. The molecule has 3 rings (SSSR count). The second-order valence-electron chi connectivity index (χ2n) is 6.12. The maximum absolute atomic E-state index is 12.8. The molecule has 128 valence electrons. The first-order chi connectivity index (χ1) is 11.6. The Bertz CT molecular complexity index is 628. The lowest BCUT2D eigenvalue weighted by molar-refractivity contribution is -0.116. The van der Waals surface area contributed by atoms with E-state index in [9.17, 15) is 9.59 Å². The van der Waals surface area contributed by atoms with E-state index in [1.54, 1.807) is 19.2 Å². The molecular formula is C18H22N2O4. The summed E-state index contributed by atoms with van der Waals surface area (Å²) in [5.74, 6) is 0.0363. The third-order valence-corrected chi connectivity index (χ3v) is 4.76. The van der Waals surface area contributed by atoms with Gasteiger partial charge >= 0.3 is 0 Å². The summed E-state index contributed by atoms with van der Waals surface area (Å²) in [4.78, 5) is 25.9. The number of carbonyl (C=O) groups is 2. The quantitative estimate of drug-likeness (QED) is 0.817. The standard InChI is InChI=1S/C18H22N2O4/c1-3-17(21)19-8-12-4-6-13(7-5-12)18(22)20-9-16(23-2)14-10-24-11-15(14)20/h3-7,14-16H,1,8-11H2,2H3,(H,19,21)/t14-,15+,16-/m1/s1. The van der Waals surface area contributed by atoms with Crippen LogP contribution in [0.25, 0.3) is 0 Å². The van der Waals surface area contributed by atoms with Crippen molar-refractivity contribution < 1.29 is 19.1 Å². The molecule has 6 nitrogen and oxygen atoms in total. The Kier molecular flexibility index (Phi) is 4.97. The number of fused-ring (bicyclic) bond motifs is 1. The lowest BCUT2D eigenvalue weighted by Gasteiger charge is -2.22. The Morgan fingerprint density at radius 2 is 2.12 bits per heavy atom. The molecule has 6 heteroatoms. The number of rotatable bonds is 5. The Morgan fingerprint density at radius 1 is 1.38 bits per heavy atom. The van der Waals surface area contributed by atoms with Crippen LogP contribution in [-0.4, -0.2) is 55.7 Å². The van der Waals surface area contributed by atoms with Crippen molar-refractivity contribution in [3.63, 3.8) is 0 Å². The molecule has 2 saturated heterocycles. The summed E-state index contributed by atoms with van der Waals surface area (Å²) >= 11 is 0. The topological polar surface area (TPSA) is 67.9 Å². The van der Waals surface area contributed by atoms with Crippen molar-refractivity contribution in [1.82, 2.24) is 10.2 Å². The molecule has 1 N–H and O–H groups in total. The monoisotopic (exact) mass is 330 g/mol. The van der Waals surface area contributed by atoms with Crippen LogP contribution in [0.1, 0.15) is 15.9 Å². The average molecular weight is 330 g/mol. The Hall–Kier alpha value is -2.18. The minimum atomic E-state index is -0.217. The Balaban J connectivity index is 1.67. The fraction of sp³-hybridized carbons (Fsp3) is 0.444. The van der Waals surface area contributed by atoms with Gasteiger partial charge in [0.05, 0.1) is 25.4 Å². The van der Waals surface area contributed by atoms with Gasteiger partial charge in [-0.15, -0.1) is 0 Å². The number of nitrogens with one attached hydrogen (secondary N) is 1. The summed E-state index contributed by atoms with van der Waals surface area (Å²) in [7, 11) is 1.68. The molecule has 3 atom stereocenters. The third-order valence-electron chi connectivity index (χ3n) is 4.76. The molecule has 0 spiro atoms. The van der Waals surface area contributed by atoms with Crippen molar-refractivity contribution in [2.45, 2.75) is 18.7 Å². The maximum atomic E-state index is 12.8. The van der Waals surface area contributed by atoms with Crippen molar-refractivity contribution in [1.29, 1.82) is 0 Å². The van der Waals surface area contributed by atoms with E-state index >= 15 is 0 Å². The molecule has 1 aromatic carbocycles. The van der Waals surface area contributed by atoms with Crippen molar-refractivity contribution in [3.8, 4) is 0 Å². The van der Waals surface area contributed by atoms with Gasteiger partial charge in [-0.2, -0.15) is 0 Å². The molecule has 2 amide bonds. The van der Waals surface area contributed by atoms with Gasteiger partial charge in [0.25, 0.3) is 5.91 Å². The number of methoxy groups -OCH3 is 1. The van der Waals surface area contributed by atoms with Crippen LogP contribution < -0.4 is 5.32 Å². The van der Waals surface area contributed by atoms with Gasteiger partial charge in [-0.25, -0.2) is 0 Å². The summed E-state index contributed by atoms with van der Waals surface area (Å²) in [6.07, 6.45) is 1.27. The van der Waals surface area contributed by atoms with Gasteiger partial charge in [-0.1, -0.05) is 18.7 Å². The molecule has 0 saturated carbocycles. The summed E-state index contributed by atoms with van der Waals surface area (Å²) < 4.78 is 11.0. The summed E-state index contributed by atoms with van der Waals surface area (Å²) in [6.45, 7) is 5.64. The summed E-state index contributed by atoms with van der Waals surface area (Å²) in [6, 6.07) is 7.38. The van der Waals surface area contributed by atoms with Gasteiger partial charge in [-0.05, 0) is 23.8 Å². The van der Waals surface area contributed by atoms with E-state index in [1.807, 2.05) is 17.0 Å². The van der Waals surface area contributed by atoms with E-state index in [-0.39, 0.29) is 29.9 Å². The van der Waals surface area contributed by atoms with Crippen LogP contribution in [0.5, 0.6) is 0 Å². The zero-order valence-electron chi connectivity index (χ0n) is 13.7. The van der Waals surface area contributed by atoms with Gasteiger partial charge in [0.2, 0.25) is 5.91 Å². The maximum Gasteiger partial charge on any atom is 0.254 e. The molecule has 2 aliphatic rings. The van der Waals surface area contributed by atoms with Crippen LogP contribution in [0.4, 0.5) is 0 Å². The largest absolute Gasteiger partial charge is 0.379 e. The molecule has 0 aliphatic carbocycles. The number of carbonyl (C=O) groups excluding carboxylic acids is 2. The highest BCUT2D eigenvalue weighted by molar-refractivity contribution is 5.94. The predicted octanol–water partition coefficient (Wildman–Crippen LogP) is 0.975. The van der Waals surface area contributed by atoms with Gasteiger partial charge < -0.3 is 19.7 Å². The highest BCUT2D eigenvalue weighted by Crippen LogP contribution is 2.32. The SMILES string of the molecule is C=CC(=O)NCc1ccc(C(=O)N2C[C@@H](OC)[C@@H]3COC[C@@H]32)cc1. The number of ether oxygens (including phenoxy) is 2. The van der Waals surface area contributed by atoms with Gasteiger partial charge in [-0.3, -0.25) is 9.59 Å². The van der Waals surface area contributed by atoms with E-state index in [4.69, 9.17) is 9.47 Å². The molecule has 0 unspecified atom stereocenters. The fourth-order valence-corrected chi connectivity index (χ4v) is 3.38. The average Bonchev–Trinajstić information content (AvgIpc) is 3.21.